The highest BCUT2D eigenvalue weighted by Gasteiger charge is 2.08. The van der Waals surface area contributed by atoms with Crippen molar-refractivity contribution in [2.24, 2.45) is 0 Å². The molecule has 0 spiro atoms. The number of anilines is 1. The lowest BCUT2D eigenvalue weighted by atomic mass is 10.1. The number of nitrogens with zero attached hydrogens (tertiary/aromatic N) is 1. The minimum absolute atomic E-state index is 0.0987. The van der Waals surface area contributed by atoms with Gasteiger partial charge in [0.15, 0.2) is 6.29 Å². The van der Waals surface area contributed by atoms with E-state index in [4.69, 9.17) is 15.2 Å². The summed E-state index contributed by atoms with van der Waals surface area (Å²) in [6, 6.07) is 10.9. The van der Waals surface area contributed by atoms with Gasteiger partial charge in [-0.25, -0.2) is 0 Å². The average molecular weight is 274 g/mol. The quantitative estimate of drug-likeness (QED) is 0.666. The fraction of sp³-hybridized carbons (Fsp3) is 0.267. The molecule has 2 aromatic rings. The Kier molecular flexibility index (Phi) is 4.55. The number of ether oxygens (including phenoxy) is 2. The number of hydrogen-bond acceptors (Lipinski definition) is 4. The maximum atomic E-state index is 12.1. The predicted octanol–water partition coefficient (Wildman–Crippen LogP) is 1.72. The molecule has 5 nitrogen and oxygen atoms in total. The lowest BCUT2D eigenvalue weighted by Gasteiger charge is -2.15. The van der Waals surface area contributed by atoms with Crippen LogP contribution in [-0.2, 0) is 16.0 Å². The Bertz CT molecular complexity index is 616. The third-order valence-electron chi connectivity index (χ3n) is 3.11. The maximum Gasteiger partial charge on any atom is 0.251 e. The Morgan fingerprint density at radius 3 is 2.30 bits per heavy atom. The van der Waals surface area contributed by atoms with Gasteiger partial charge in [-0.2, -0.15) is 0 Å². The van der Waals surface area contributed by atoms with Gasteiger partial charge in [-0.1, -0.05) is 12.1 Å². The van der Waals surface area contributed by atoms with Crippen LogP contribution in [0.15, 0.2) is 47.4 Å². The molecule has 0 saturated heterocycles. The summed E-state index contributed by atoms with van der Waals surface area (Å²) in [7, 11) is 3.09. The minimum Gasteiger partial charge on any atom is -0.399 e. The highest BCUT2D eigenvalue weighted by Crippen LogP contribution is 2.18. The topological polar surface area (TPSA) is 66.5 Å². The largest absolute Gasteiger partial charge is 0.399 e. The Labute approximate surface area is 117 Å². The van der Waals surface area contributed by atoms with Gasteiger partial charge in [-0.05, 0) is 29.3 Å². The van der Waals surface area contributed by atoms with Crippen LogP contribution in [0.1, 0.15) is 0 Å². The highest BCUT2D eigenvalue weighted by molar-refractivity contribution is 5.64. The molecule has 0 bridgehead atoms. The fourth-order valence-electron chi connectivity index (χ4n) is 1.92. The summed E-state index contributed by atoms with van der Waals surface area (Å²) >= 11 is 0. The fourth-order valence-corrected chi connectivity index (χ4v) is 1.92. The smallest absolute Gasteiger partial charge is 0.251 e. The Hall–Kier alpha value is -2.11. The van der Waals surface area contributed by atoms with Crippen LogP contribution >= 0.6 is 0 Å². The summed E-state index contributed by atoms with van der Waals surface area (Å²) < 4.78 is 11.7. The van der Waals surface area contributed by atoms with Gasteiger partial charge in [0.1, 0.15) is 0 Å². The molecule has 20 heavy (non-hydrogen) atoms. The lowest BCUT2D eigenvalue weighted by molar-refractivity contribution is -0.111. The molecule has 0 aliphatic heterocycles. The first-order valence-electron chi connectivity index (χ1n) is 6.26. The van der Waals surface area contributed by atoms with Gasteiger partial charge >= 0.3 is 0 Å². The Morgan fingerprint density at radius 1 is 1.10 bits per heavy atom. The number of methoxy groups -OCH3 is 2. The minimum atomic E-state index is -0.435. The van der Waals surface area contributed by atoms with Crippen molar-refractivity contribution in [3.05, 3.63) is 52.9 Å². The molecular formula is C15H18N2O3. The van der Waals surface area contributed by atoms with E-state index in [2.05, 4.69) is 0 Å². The van der Waals surface area contributed by atoms with Crippen LogP contribution in [0.5, 0.6) is 0 Å². The van der Waals surface area contributed by atoms with Crippen molar-refractivity contribution in [3.8, 4) is 11.1 Å². The van der Waals surface area contributed by atoms with Crippen molar-refractivity contribution in [1.82, 2.24) is 4.57 Å². The van der Waals surface area contributed by atoms with Crippen molar-refractivity contribution in [2.45, 2.75) is 12.8 Å². The van der Waals surface area contributed by atoms with Gasteiger partial charge in [0.05, 0.1) is 6.54 Å². The number of nitrogen functional groups attached to an aromatic ring is 1. The zero-order valence-corrected chi connectivity index (χ0v) is 11.6. The molecule has 0 aliphatic rings. The molecule has 106 valence electrons. The van der Waals surface area contributed by atoms with E-state index in [9.17, 15) is 4.79 Å². The second kappa shape index (κ2) is 6.36. The maximum absolute atomic E-state index is 12.1. The Balaban J connectivity index is 2.25. The van der Waals surface area contributed by atoms with E-state index < -0.39 is 6.29 Å². The van der Waals surface area contributed by atoms with Crippen LogP contribution in [0.2, 0.25) is 0 Å². The van der Waals surface area contributed by atoms with Crippen molar-refractivity contribution in [1.29, 1.82) is 0 Å². The van der Waals surface area contributed by atoms with E-state index in [0.717, 1.165) is 11.1 Å². The van der Waals surface area contributed by atoms with E-state index in [1.165, 1.54) is 0 Å². The van der Waals surface area contributed by atoms with Crippen LogP contribution < -0.4 is 11.3 Å². The number of pyridine rings is 1. The molecule has 5 heteroatoms. The first-order chi connectivity index (χ1) is 9.63. The number of aromatic nitrogens is 1. The molecule has 0 saturated carbocycles. The van der Waals surface area contributed by atoms with Crippen LogP contribution in [0, 0.1) is 0 Å². The standard InChI is InChI=1S/C15H18N2O3/c1-19-15(20-2)10-17-8-7-12(9-14(17)18)11-3-5-13(16)6-4-11/h3-9,15H,10,16H2,1-2H3. The van der Waals surface area contributed by atoms with Gasteiger partial charge in [0, 0.05) is 32.2 Å². The molecule has 0 amide bonds. The summed E-state index contributed by atoms with van der Waals surface area (Å²) in [5.74, 6) is 0. The van der Waals surface area contributed by atoms with E-state index in [1.807, 2.05) is 30.3 Å². The van der Waals surface area contributed by atoms with Crippen molar-refractivity contribution < 1.29 is 9.47 Å². The van der Waals surface area contributed by atoms with Gasteiger partial charge in [0.25, 0.3) is 5.56 Å². The molecule has 0 fully saturated rings. The van der Waals surface area contributed by atoms with Crippen LogP contribution in [0.4, 0.5) is 5.69 Å². The van der Waals surface area contributed by atoms with Gasteiger partial charge in [-0.3, -0.25) is 4.79 Å². The SMILES string of the molecule is COC(Cn1ccc(-c2ccc(N)cc2)cc1=O)OC. The third-order valence-corrected chi connectivity index (χ3v) is 3.11. The molecular weight excluding hydrogens is 256 g/mol. The number of rotatable bonds is 5. The van der Waals surface area contributed by atoms with Crippen molar-refractivity contribution in [2.75, 3.05) is 20.0 Å². The van der Waals surface area contributed by atoms with E-state index in [-0.39, 0.29) is 5.56 Å². The number of benzene rings is 1. The highest BCUT2D eigenvalue weighted by atomic mass is 16.7. The average Bonchev–Trinajstić information content (AvgIpc) is 2.47. The van der Waals surface area contributed by atoms with E-state index in [1.54, 1.807) is 31.0 Å². The summed E-state index contributed by atoms with van der Waals surface area (Å²) in [5, 5.41) is 0. The van der Waals surface area contributed by atoms with Gasteiger partial charge < -0.3 is 19.8 Å². The van der Waals surface area contributed by atoms with Crippen molar-refractivity contribution in [3.63, 3.8) is 0 Å². The summed E-state index contributed by atoms with van der Waals surface area (Å²) in [6.07, 6.45) is 1.30. The van der Waals surface area contributed by atoms with Crippen LogP contribution in [0.3, 0.4) is 0 Å². The monoisotopic (exact) mass is 274 g/mol. The summed E-state index contributed by atoms with van der Waals surface area (Å²) in [4.78, 5) is 12.1. The molecule has 2 rings (SSSR count). The molecule has 0 aliphatic carbocycles. The van der Waals surface area contributed by atoms with Crippen LogP contribution in [0.25, 0.3) is 11.1 Å². The number of nitrogens with two attached hydrogens (primary N) is 1. The van der Waals surface area contributed by atoms with Gasteiger partial charge in [-0.15, -0.1) is 0 Å². The third kappa shape index (κ3) is 3.26. The molecule has 2 N–H and O–H groups in total. The lowest BCUT2D eigenvalue weighted by Crippen LogP contribution is -2.28. The second-order valence-electron chi connectivity index (χ2n) is 4.43. The molecule has 1 aromatic carbocycles. The molecule has 0 atom stereocenters. The normalized spacial score (nSPS) is 10.9. The first-order valence-corrected chi connectivity index (χ1v) is 6.26. The Morgan fingerprint density at radius 2 is 1.75 bits per heavy atom. The number of hydrogen-bond donors (Lipinski definition) is 1. The molecule has 0 radical (unpaired) electrons. The van der Waals surface area contributed by atoms with E-state index >= 15 is 0 Å². The predicted molar refractivity (Wildman–Crippen MR) is 78.4 cm³/mol. The van der Waals surface area contributed by atoms with E-state index in [0.29, 0.717) is 12.2 Å². The zero-order chi connectivity index (χ0) is 14.5. The molecule has 1 aromatic heterocycles. The summed E-state index contributed by atoms with van der Waals surface area (Å²) in [5.41, 5.74) is 8.07. The summed E-state index contributed by atoms with van der Waals surface area (Å²) in [6.45, 7) is 0.355. The van der Waals surface area contributed by atoms with Crippen LogP contribution in [-0.4, -0.2) is 25.1 Å². The first kappa shape index (κ1) is 14.3. The van der Waals surface area contributed by atoms with Crippen molar-refractivity contribution >= 4 is 5.69 Å². The van der Waals surface area contributed by atoms with Gasteiger partial charge in [0.2, 0.25) is 0 Å². The molecule has 1 heterocycles. The zero-order valence-electron chi connectivity index (χ0n) is 11.6. The molecule has 0 unspecified atom stereocenters. The second-order valence-corrected chi connectivity index (χ2v) is 4.43.